The highest BCUT2D eigenvalue weighted by atomic mass is 16.2. The van der Waals surface area contributed by atoms with Crippen LogP contribution < -0.4 is 5.73 Å². The summed E-state index contributed by atoms with van der Waals surface area (Å²) in [5, 5.41) is 0. The zero-order valence-electron chi connectivity index (χ0n) is 12.5. The van der Waals surface area contributed by atoms with Crippen molar-refractivity contribution in [1.29, 1.82) is 0 Å². The molecule has 3 nitrogen and oxygen atoms in total. The molecule has 1 atom stereocenters. The molecular formula is C16H26N2O. The molecule has 0 heterocycles. The molecule has 0 spiro atoms. The lowest BCUT2D eigenvalue weighted by atomic mass is 10.0. The molecule has 1 aromatic rings. The molecule has 0 unspecified atom stereocenters. The molecule has 0 bridgehead atoms. The van der Waals surface area contributed by atoms with E-state index in [4.69, 9.17) is 5.73 Å². The molecule has 1 amide bonds. The number of carbonyl (C=O) groups is 1. The van der Waals surface area contributed by atoms with Crippen molar-refractivity contribution < 1.29 is 4.79 Å². The quantitative estimate of drug-likeness (QED) is 0.856. The Labute approximate surface area is 116 Å². The number of hydrogen-bond donors (Lipinski definition) is 1. The van der Waals surface area contributed by atoms with Crippen molar-refractivity contribution in [2.45, 2.75) is 46.2 Å². The molecule has 0 fully saturated rings. The van der Waals surface area contributed by atoms with Crippen LogP contribution in [-0.4, -0.2) is 23.9 Å². The standard InChI is InChI=1S/C16H26N2O/c1-5-13-6-8-14(9-7-13)11-18(4)16(19)15(17)10-12(2)3/h6-9,12,15H,5,10-11,17H2,1-4H3/t15-/m0/s1. The van der Waals surface area contributed by atoms with Gasteiger partial charge in [-0.1, -0.05) is 45.0 Å². The molecule has 19 heavy (non-hydrogen) atoms. The van der Waals surface area contributed by atoms with Crippen LogP contribution in [0.2, 0.25) is 0 Å². The third-order valence-electron chi connectivity index (χ3n) is 3.27. The van der Waals surface area contributed by atoms with Gasteiger partial charge in [0.05, 0.1) is 6.04 Å². The lowest BCUT2D eigenvalue weighted by Gasteiger charge is -2.22. The smallest absolute Gasteiger partial charge is 0.239 e. The van der Waals surface area contributed by atoms with E-state index >= 15 is 0 Å². The third kappa shape index (κ3) is 5.03. The number of rotatable bonds is 6. The average Bonchev–Trinajstić information content (AvgIpc) is 2.37. The third-order valence-corrected chi connectivity index (χ3v) is 3.27. The monoisotopic (exact) mass is 262 g/mol. The van der Waals surface area contributed by atoms with Gasteiger partial charge >= 0.3 is 0 Å². The van der Waals surface area contributed by atoms with Gasteiger partial charge in [0.15, 0.2) is 0 Å². The summed E-state index contributed by atoms with van der Waals surface area (Å²) in [5.74, 6) is 0.462. The number of likely N-dealkylation sites (N-methyl/N-ethyl adjacent to an activating group) is 1. The maximum absolute atomic E-state index is 12.1. The minimum atomic E-state index is -0.389. The highest BCUT2D eigenvalue weighted by molar-refractivity contribution is 5.81. The predicted molar refractivity (Wildman–Crippen MR) is 79.7 cm³/mol. The summed E-state index contributed by atoms with van der Waals surface area (Å²) in [6.45, 7) is 6.91. The summed E-state index contributed by atoms with van der Waals surface area (Å²) < 4.78 is 0. The highest BCUT2D eigenvalue weighted by Crippen LogP contribution is 2.10. The summed E-state index contributed by atoms with van der Waals surface area (Å²) in [7, 11) is 1.82. The van der Waals surface area contributed by atoms with Crippen LogP contribution in [0.4, 0.5) is 0 Å². The van der Waals surface area contributed by atoms with Crippen molar-refractivity contribution in [2.75, 3.05) is 7.05 Å². The van der Waals surface area contributed by atoms with Gasteiger partial charge in [0.2, 0.25) is 5.91 Å². The topological polar surface area (TPSA) is 46.3 Å². The second-order valence-electron chi connectivity index (χ2n) is 5.60. The van der Waals surface area contributed by atoms with E-state index in [1.54, 1.807) is 4.90 Å². The van der Waals surface area contributed by atoms with Crippen LogP contribution in [0.3, 0.4) is 0 Å². The Hall–Kier alpha value is -1.35. The molecule has 1 aromatic carbocycles. The van der Waals surface area contributed by atoms with Gasteiger partial charge in [-0.25, -0.2) is 0 Å². The van der Waals surface area contributed by atoms with Crippen molar-refractivity contribution in [3.8, 4) is 0 Å². The molecule has 0 aromatic heterocycles. The SMILES string of the molecule is CCc1ccc(CN(C)C(=O)[C@@H](N)CC(C)C)cc1. The molecule has 0 aliphatic rings. The van der Waals surface area contributed by atoms with Crippen molar-refractivity contribution in [3.63, 3.8) is 0 Å². The van der Waals surface area contributed by atoms with Crippen LogP contribution in [0.15, 0.2) is 24.3 Å². The van der Waals surface area contributed by atoms with E-state index in [9.17, 15) is 4.79 Å². The highest BCUT2D eigenvalue weighted by Gasteiger charge is 2.18. The fourth-order valence-corrected chi connectivity index (χ4v) is 2.12. The summed E-state index contributed by atoms with van der Waals surface area (Å²) in [6, 6.07) is 8.00. The Balaban J connectivity index is 2.57. The number of amides is 1. The number of carbonyl (C=O) groups excluding carboxylic acids is 1. The summed E-state index contributed by atoms with van der Waals surface area (Å²) in [5.41, 5.74) is 8.38. The lowest BCUT2D eigenvalue weighted by molar-refractivity contribution is -0.132. The second kappa shape index (κ2) is 7.29. The van der Waals surface area contributed by atoms with Crippen LogP contribution >= 0.6 is 0 Å². The first-order chi connectivity index (χ1) is 8.93. The van der Waals surface area contributed by atoms with Crippen molar-refractivity contribution in [1.82, 2.24) is 4.90 Å². The van der Waals surface area contributed by atoms with E-state index in [2.05, 4.69) is 45.0 Å². The normalized spacial score (nSPS) is 12.5. The molecule has 1 rings (SSSR count). The van der Waals surface area contributed by atoms with E-state index in [0.717, 1.165) is 18.4 Å². The predicted octanol–water partition coefficient (Wildman–Crippen LogP) is 2.58. The molecule has 2 N–H and O–H groups in total. The van der Waals surface area contributed by atoms with Gasteiger partial charge in [-0.05, 0) is 29.9 Å². The lowest BCUT2D eigenvalue weighted by Crippen LogP contribution is -2.42. The molecule has 106 valence electrons. The molecule has 3 heteroatoms. The van der Waals surface area contributed by atoms with Crippen LogP contribution in [-0.2, 0) is 17.8 Å². The van der Waals surface area contributed by atoms with Crippen LogP contribution in [0.1, 0.15) is 38.3 Å². The number of nitrogens with zero attached hydrogens (tertiary/aromatic N) is 1. The van der Waals surface area contributed by atoms with Crippen LogP contribution in [0.5, 0.6) is 0 Å². The second-order valence-corrected chi connectivity index (χ2v) is 5.60. The fraction of sp³-hybridized carbons (Fsp3) is 0.562. The molecule has 0 aliphatic heterocycles. The Bertz CT molecular complexity index is 398. The summed E-state index contributed by atoms with van der Waals surface area (Å²) in [4.78, 5) is 13.8. The maximum Gasteiger partial charge on any atom is 0.239 e. The number of aryl methyl sites for hydroxylation is 1. The Morgan fingerprint density at radius 3 is 2.21 bits per heavy atom. The van der Waals surface area contributed by atoms with E-state index in [0.29, 0.717) is 12.5 Å². The first kappa shape index (κ1) is 15.7. The van der Waals surface area contributed by atoms with E-state index in [1.165, 1.54) is 5.56 Å². The van der Waals surface area contributed by atoms with Crippen LogP contribution in [0.25, 0.3) is 0 Å². The van der Waals surface area contributed by atoms with Gasteiger partial charge in [0, 0.05) is 13.6 Å². The van der Waals surface area contributed by atoms with E-state index in [1.807, 2.05) is 7.05 Å². The maximum atomic E-state index is 12.1. The minimum Gasteiger partial charge on any atom is -0.340 e. The van der Waals surface area contributed by atoms with Gasteiger partial charge in [-0.3, -0.25) is 4.79 Å². The molecule has 0 radical (unpaired) electrons. The van der Waals surface area contributed by atoms with Gasteiger partial charge in [0.25, 0.3) is 0 Å². The number of nitrogens with two attached hydrogens (primary N) is 1. The van der Waals surface area contributed by atoms with Crippen molar-refractivity contribution >= 4 is 5.91 Å². The largest absolute Gasteiger partial charge is 0.340 e. The van der Waals surface area contributed by atoms with Gasteiger partial charge < -0.3 is 10.6 Å². The van der Waals surface area contributed by atoms with Gasteiger partial charge in [-0.2, -0.15) is 0 Å². The summed E-state index contributed by atoms with van der Waals surface area (Å²) in [6.07, 6.45) is 1.77. The molecule has 0 aliphatic carbocycles. The zero-order valence-corrected chi connectivity index (χ0v) is 12.5. The zero-order chi connectivity index (χ0) is 14.4. The fourth-order valence-electron chi connectivity index (χ4n) is 2.12. The Morgan fingerprint density at radius 1 is 1.21 bits per heavy atom. The molecular weight excluding hydrogens is 236 g/mol. The van der Waals surface area contributed by atoms with Crippen molar-refractivity contribution in [2.24, 2.45) is 11.7 Å². The first-order valence-electron chi connectivity index (χ1n) is 7.02. The molecule has 0 saturated heterocycles. The minimum absolute atomic E-state index is 0.0215. The number of hydrogen-bond acceptors (Lipinski definition) is 2. The first-order valence-corrected chi connectivity index (χ1v) is 7.02. The van der Waals surface area contributed by atoms with Crippen LogP contribution in [0, 0.1) is 5.92 Å². The van der Waals surface area contributed by atoms with Gasteiger partial charge in [0.1, 0.15) is 0 Å². The van der Waals surface area contributed by atoms with Crippen molar-refractivity contribution in [3.05, 3.63) is 35.4 Å². The number of benzene rings is 1. The van der Waals surface area contributed by atoms with Gasteiger partial charge in [-0.15, -0.1) is 0 Å². The summed E-state index contributed by atoms with van der Waals surface area (Å²) >= 11 is 0. The Morgan fingerprint density at radius 2 is 1.74 bits per heavy atom. The van der Waals surface area contributed by atoms with E-state index in [-0.39, 0.29) is 11.9 Å². The Kier molecular flexibility index (Phi) is 6.03. The molecule has 0 saturated carbocycles. The average molecular weight is 262 g/mol. The van der Waals surface area contributed by atoms with E-state index < -0.39 is 0 Å².